The summed E-state index contributed by atoms with van der Waals surface area (Å²) >= 11 is 3.51. The zero-order valence-electron chi connectivity index (χ0n) is 15.9. The molecule has 1 aliphatic carbocycles. The fourth-order valence-electron chi connectivity index (χ4n) is 3.71. The minimum absolute atomic E-state index is 0. The van der Waals surface area contributed by atoms with Crippen molar-refractivity contribution in [3.05, 3.63) is 34.3 Å². The molecule has 0 bridgehead atoms. The fraction of sp³-hybridized carbons (Fsp3) is 0.650. The molecule has 2 atom stereocenters. The lowest BCUT2D eigenvalue weighted by Gasteiger charge is -2.33. The van der Waals surface area contributed by atoms with Crippen LogP contribution >= 0.6 is 39.9 Å². The molecule has 6 heteroatoms. The van der Waals surface area contributed by atoms with Gasteiger partial charge in [0.05, 0.1) is 0 Å². The van der Waals surface area contributed by atoms with E-state index in [0.717, 1.165) is 17.0 Å². The van der Waals surface area contributed by atoms with Crippen LogP contribution < -0.4 is 10.6 Å². The van der Waals surface area contributed by atoms with Gasteiger partial charge < -0.3 is 15.5 Å². The normalized spacial score (nSPS) is 24.0. The van der Waals surface area contributed by atoms with Crippen molar-refractivity contribution in [3.8, 4) is 0 Å². The molecule has 0 amide bonds. The van der Waals surface area contributed by atoms with Crippen LogP contribution in [0.3, 0.4) is 0 Å². The first kappa shape index (κ1) is 22.0. The number of aliphatic imine (C=N–C) groups is 1. The molecule has 2 aliphatic rings. The van der Waals surface area contributed by atoms with Gasteiger partial charge in [0, 0.05) is 42.1 Å². The highest BCUT2D eigenvalue weighted by Gasteiger charge is 2.39. The molecule has 1 aliphatic heterocycles. The number of hydrogen-bond donors (Lipinski definition) is 2. The average molecular weight is 535 g/mol. The van der Waals surface area contributed by atoms with Gasteiger partial charge in [0.15, 0.2) is 5.96 Å². The van der Waals surface area contributed by atoms with E-state index >= 15 is 0 Å². The number of likely N-dealkylation sites (tertiary alicyclic amines) is 1. The van der Waals surface area contributed by atoms with Crippen molar-refractivity contribution in [2.24, 2.45) is 4.99 Å². The third-order valence-corrected chi connectivity index (χ3v) is 5.72. The van der Waals surface area contributed by atoms with Crippen LogP contribution in [0.15, 0.2) is 33.7 Å². The Morgan fingerprint density at radius 2 is 1.85 bits per heavy atom. The first-order valence-electron chi connectivity index (χ1n) is 9.75. The quantitative estimate of drug-likeness (QED) is 0.324. The third-order valence-electron chi connectivity index (χ3n) is 5.20. The Hall–Kier alpha value is -0.340. The van der Waals surface area contributed by atoms with Gasteiger partial charge in [-0.2, -0.15) is 0 Å². The third kappa shape index (κ3) is 6.37. The van der Waals surface area contributed by atoms with E-state index in [-0.39, 0.29) is 24.0 Å². The SMILES string of the molecule is CCCN1CCC(NC(=NCC)NC2CC2c2ccc(Br)cc2)CC1.I. The second-order valence-electron chi connectivity index (χ2n) is 7.23. The molecule has 0 spiro atoms. The van der Waals surface area contributed by atoms with Crippen LogP contribution in [0.5, 0.6) is 0 Å². The molecule has 2 N–H and O–H groups in total. The molecule has 1 aromatic rings. The molecular formula is C20H32BrIN4. The van der Waals surface area contributed by atoms with Crippen LogP contribution in [0.25, 0.3) is 0 Å². The van der Waals surface area contributed by atoms with Gasteiger partial charge in [0.1, 0.15) is 0 Å². The molecule has 0 aromatic heterocycles. The van der Waals surface area contributed by atoms with Crippen molar-refractivity contribution in [1.29, 1.82) is 0 Å². The minimum atomic E-state index is 0. The number of piperidine rings is 1. The molecule has 3 rings (SSSR count). The zero-order chi connectivity index (χ0) is 17.6. The highest BCUT2D eigenvalue weighted by Crippen LogP contribution is 2.41. The lowest BCUT2D eigenvalue weighted by molar-refractivity contribution is 0.206. The predicted molar refractivity (Wildman–Crippen MR) is 125 cm³/mol. The van der Waals surface area contributed by atoms with E-state index < -0.39 is 0 Å². The maximum absolute atomic E-state index is 4.67. The van der Waals surface area contributed by atoms with E-state index in [1.165, 1.54) is 50.9 Å². The number of guanidine groups is 1. The summed E-state index contributed by atoms with van der Waals surface area (Å²) in [4.78, 5) is 7.25. The summed E-state index contributed by atoms with van der Waals surface area (Å²) < 4.78 is 1.14. The Balaban J connectivity index is 0.00000243. The summed E-state index contributed by atoms with van der Waals surface area (Å²) in [6.07, 6.45) is 4.87. The lowest BCUT2D eigenvalue weighted by Crippen LogP contribution is -2.49. The van der Waals surface area contributed by atoms with Gasteiger partial charge >= 0.3 is 0 Å². The average Bonchev–Trinajstić information content (AvgIpc) is 3.37. The molecule has 1 saturated carbocycles. The molecule has 4 nitrogen and oxygen atoms in total. The Kier molecular flexibility index (Phi) is 9.17. The van der Waals surface area contributed by atoms with E-state index in [1.54, 1.807) is 0 Å². The van der Waals surface area contributed by atoms with Crippen molar-refractivity contribution in [1.82, 2.24) is 15.5 Å². The monoisotopic (exact) mass is 534 g/mol. The van der Waals surface area contributed by atoms with Gasteiger partial charge in [-0.1, -0.05) is 35.0 Å². The topological polar surface area (TPSA) is 39.7 Å². The maximum atomic E-state index is 4.67. The minimum Gasteiger partial charge on any atom is -0.354 e. The molecule has 2 fully saturated rings. The smallest absolute Gasteiger partial charge is 0.191 e. The van der Waals surface area contributed by atoms with Gasteiger partial charge in [0.25, 0.3) is 0 Å². The van der Waals surface area contributed by atoms with Crippen molar-refractivity contribution in [2.75, 3.05) is 26.2 Å². The number of nitrogens with one attached hydrogen (secondary N) is 2. The van der Waals surface area contributed by atoms with Crippen LogP contribution in [0.1, 0.15) is 51.0 Å². The van der Waals surface area contributed by atoms with Crippen LogP contribution in [0.2, 0.25) is 0 Å². The molecule has 1 saturated heterocycles. The highest BCUT2D eigenvalue weighted by molar-refractivity contribution is 14.0. The van der Waals surface area contributed by atoms with Crippen LogP contribution in [0.4, 0.5) is 0 Å². The highest BCUT2D eigenvalue weighted by atomic mass is 127. The molecule has 26 heavy (non-hydrogen) atoms. The lowest BCUT2D eigenvalue weighted by atomic mass is 10.1. The second-order valence-corrected chi connectivity index (χ2v) is 8.14. The summed E-state index contributed by atoms with van der Waals surface area (Å²) in [7, 11) is 0. The first-order valence-corrected chi connectivity index (χ1v) is 10.5. The summed E-state index contributed by atoms with van der Waals surface area (Å²) in [6, 6.07) is 9.78. The number of nitrogens with zero attached hydrogens (tertiary/aromatic N) is 2. The van der Waals surface area contributed by atoms with Crippen LogP contribution in [-0.2, 0) is 0 Å². The summed E-state index contributed by atoms with van der Waals surface area (Å²) in [5, 5.41) is 7.33. The van der Waals surface area contributed by atoms with Crippen molar-refractivity contribution in [3.63, 3.8) is 0 Å². The summed E-state index contributed by atoms with van der Waals surface area (Å²) in [6.45, 7) is 8.83. The van der Waals surface area contributed by atoms with E-state index in [1.807, 2.05) is 0 Å². The Labute approximate surface area is 183 Å². The molecule has 1 heterocycles. The zero-order valence-corrected chi connectivity index (χ0v) is 19.8. The molecular weight excluding hydrogens is 503 g/mol. The van der Waals surface area contributed by atoms with Gasteiger partial charge in [-0.15, -0.1) is 24.0 Å². The number of hydrogen-bond acceptors (Lipinski definition) is 2. The number of rotatable bonds is 6. The van der Waals surface area contributed by atoms with E-state index in [0.29, 0.717) is 18.0 Å². The largest absolute Gasteiger partial charge is 0.354 e. The van der Waals surface area contributed by atoms with Crippen LogP contribution in [0, 0.1) is 0 Å². The predicted octanol–water partition coefficient (Wildman–Crippen LogP) is 4.35. The van der Waals surface area contributed by atoms with Crippen LogP contribution in [-0.4, -0.2) is 49.1 Å². The van der Waals surface area contributed by atoms with Gasteiger partial charge in [-0.25, -0.2) is 0 Å². The number of halogens is 2. The molecule has 146 valence electrons. The van der Waals surface area contributed by atoms with E-state index in [9.17, 15) is 0 Å². The second kappa shape index (κ2) is 10.9. The van der Waals surface area contributed by atoms with Gasteiger partial charge in [0.2, 0.25) is 0 Å². The molecule has 0 radical (unpaired) electrons. The number of benzene rings is 1. The van der Waals surface area contributed by atoms with Crippen molar-refractivity contribution < 1.29 is 0 Å². The van der Waals surface area contributed by atoms with Gasteiger partial charge in [-0.3, -0.25) is 4.99 Å². The van der Waals surface area contributed by atoms with E-state index in [2.05, 4.69) is 74.6 Å². The summed E-state index contributed by atoms with van der Waals surface area (Å²) in [5.41, 5.74) is 1.42. The van der Waals surface area contributed by atoms with Crippen molar-refractivity contribution in [2.45, 2.75) is 57.5 Å². The molecule has 1 aromatic carbocycles. The summed E-state index contributed by atoms with van der Waals surface area (Å²) in [5.74, 6) is 1.62. The first-order chi connectivity index (χ1) is 12.2. The van der Waals surface area contributed by atoms with Gasteiger partial charge in [-0.05, 0) is 56.8 Å². The standard InChI is InChI=1S/C20H31BrN4.HI/c1-3-11-25-12-9-17(10-13-25)23-20(22-4-2)24-19-14-18(19)15-5-7-16(21)8-6-15;/h5-8,17-19H,3-4,9-14H2,1-2H3,(H2,22,23,24);1H. The fourth-order valence-corrected chi connectivity index (χ4v) is 3.97. The Morgan fingerprint density at radius 1 is 1.15 bits per heavy atom. The van der Waals surface area contributed by atoms with Crippen molar-refractivity contribution >= 4 is 45.9 Å². The molecule has 2 unspecified atom stereocenters. The Bertz CT molecular complexity index is 570. The van der Waals surface area contributed by atoms with E-state index in [4.69, 9.17) is 0 Å². The maximum Gasteiger partial charge on any atom is 0.191 e. The Morgan fingerprint density at radius 3 is 2.46 bits per heavy atom.